The summed E-state index contributed by atoms with van der Waals surface area (Å²) >= 11 is 0. The lowest BCUT2D eigenvalue weighted by atomic mass is 9.66. The lowest BCUT2D eigenvalue weighted by Crippen LogP contribution is -2.41. The molecule has 0 aromatic carbocycles. The number of aromatic nitrogens is 2. The van der Waals surface area contributed by atoms with Gasteiger partial charge in [-0.05, 0) is 37.5 Å². The lowest BCUT2D eigenvalue weighted by Gasteiger charge is -2.43. The van der Waals surface area contributed by atoms with Crippen molar-refractivity contribution in [2.45, 2.75) is 72.1 Å². The molecule has 20 heavy (non-hydrogen) atoms. The predicted molar refractivity (Wildman–Crippen MR) is 80.8 cm³/mol. The Labute approximate surface area is 121 Å². The van der Waals surface area contributed by atoms with Crippen LogP contribution in [0.4, 0.5) is 0 Å². The molecule has 2 rings (SSSR count). The SMILES string of the molecule is CCn1ccn(C2CC(O)CCC2C(C)(C)CC)c1=O. The molecule has 1 aliphatic rings. The molecule has 1 aromatic heterocycles. The molecule has 1 fully saturated rings. The number of nitrogens with zero attached hydrogens (tertiary/aromatic N) is 2. The second-order valence-corrected chi connectivity index (χ2v) is 6.76. The van der Waals surface area contributed by atoms with Crippen LogP contribution in [0.2, 0.25) is 0 Å². The Morgan fingerprint density at radius 1 is 1.30 bits per heavy atom. The molecule has 114 valence electrons. The maximum atomic E-state index is 12.4. The van der Waals surface area contributed by atoms with Crippen molar-refractivity contribution in [2.75, 3.05) is 0 Å². The fourth-order valence-corrected chi connectivity index (χ4v) is 3.53. The van der Waals surface area contributed by atoms with Crippen molar-refractivity contribution in [3.63, 3.8) is 0 Å². The van der Waals surface area contributed by atoms with Crippen LogP contribution >= 0.6 is 0 Å². The van der Waals surface area contributed by atoms with E-state index in [0.29, 0.717) is 18.9 Å². The lowest BCUT2D eigenvalue weighted by molar-refractivity contribution is 0.0203. The number of aryl methyl sites for hydroxylation is 1. The van der Waals surface area contributed by atoms with E-state index in [9.17, 15) is 9.90 Å². The zero-order valence-corrected chi connectivity index (χ0v) is 13.2. The molecule has 4 nitrogen and oxygen atoms in total. The van der Waals surface area contributed by atoms with E-state index in [1.165, 1.54) is 0 Å². The second-order valence-electron chi connectivity index (χ2n) is 6.76. The van der Waals surface area contributed by atoms with Gasteiger partial charge in [0.1, 0.15) is 0 Å². The molecule has 0 spiro atoms. The van der Waals surface area contributed by atoms with E-state index < -0.39 is 0 Å². The van der Waals surface area contributed by atoms with Crippen molar-refractivity contribution in [3.05, 3.63) is 22.9 Å². The molecule has 0 amide bonds. The van der Waals surface area contributed by atoms with Crippen LogP contribution in [0.3, 0.4) is 0 Å². The highest BCUT2D eigenvalue weighted by molar-refractivity contribution is 4.95. The van der Waals surface area contributed by atoms with Crippen molar-refractivity contribution in [1.82, 2.24) is 9.13 Å². The first-order chi connectivity index (χ1) is 9.40. The van der Waals surface area contributed by atoms with Gasteiger partial charge in [0, 0.05) is 25.0 Å². The highest BCUT2D eigenvalue weighted by atomic mass is 16.3. The van der Waals surface area contributed by atoms with E-state index in [1.807, 2.05) is 23.9 Å². The maximum Gasteiger partial charge on any atom is 0.328 e. The molecule has 1 saturated carbocycles. The summed E-state index contributed by atoms with van der Waals surface area (Å²) < 4.78 is 3.59. The van der Waals surface area contributed by atoms with E-state index in [2.05, 4.69) is 20.8 Å². The van der Waals surface area contributed by atoms with Gasteiger partial charge in [-0.1, -0.05) is 27.2 Å². The highest BCUT2D eigenvalue weighted by Gasteiger charge is 2.40. The number of imidazole rings is 1. The van der Waals surface area contributed by atoms with Gasteiger partial charge in [-0.2, -0.15) is 0 Å². The third kappa shape index (κ3) is 2.71. The van der Waals surface area contributed by atoms with Crippen molar-refractivity contribution >= 4 is 0 Å². The van der Waals surface area contributed by atoms with Crippen molar-refractivity contribution in [2.24, 2.45) is 11.3 Å². The van der Waals surface area contributed by atoms with Crippen LogP contribution in [-0.2, 0) is 6.54 Å². The fourth-order valence-electron chi connectivity index (χ4n) is 3.53. The van der Waals surface area contributed by atoms with E-state index in [0.717, 1.165) is 19.3 Å². The van der Waals surface area contributed by atoms with Crippen LogP contribution in [0.1, 0.15) is 59.4 Å². The first-order valence-electron chi connectivity index (χ1n) is 7.86. The average molecular weight is 280 g/mol. The van der Waals surface area contributed by atoms with Gasteiger partial charge in [-0.3, -0.25) is 9.13 Å². The van der Waals surface area contributed by atoms with Crippen LogP contribution in [0.25, 0.3) is 0 Å². The zero-order valence-electron chi connectivity index (χ0n) is 13.2. The Bertz CT molecular complexity index is 501. The predicted octanol–water partition coefficient (Wildman–Crippen LogP) is 2.81. The van der Waals surface area contributed by atoms with Crippen molar-refractivity contribution in [3.8, 4) is 0 Å². The summed E-state index contributed by atoms with van der Waals surface area (Å²) in [6.07, 6.45) is 7.12. The highest BCUT2D eigenvalue weighted by Crippen LogP contribution is 2.45. The third-order valence-electron chi connectivity index (χ3n) is 5.28. The molecule has 4 heteroatoms. The largest absolute Gasteiger partial charge is 0.393 e. The van der Waals surface area contributed by atoms with Crippen molar-refractivity contribution < 1.29 is 5.11 Å². The molecule has 1 N–H and O–H groups in total. The number of aliphatic hydroxyl groups is 1. The quantitative estimate of drug-likeness (QED) is 0.922. The summed E-state index contributed by atoms with van der Waals surface area (Å²) in [5.41, 5.74) is 0.252. The van der Waals surface area contributed by atoms with Gasteiger partial charge in [0.25, 0.3) is 0 Å². The second kappa shape index (κ2) is 5.76. The van der Waals surface area contributed by atoms with Gasteiger partial charge >= 0.3 is 5.69 Å². The molecule has 0 aliphatic heterocycles. The maximum absolute atomic E-state index is 12.4. The molecule has 1 heterocycles. The molecule has 1 aliphatic carbocycles. The Hall–Kier alpha value is -1.03. The van der Waals surface area contributed by atoms with Gasteiger partial charge in [0.15, 0.2) is 0 Å². The van der Waals surface area contributed by atoms with Gasteiger partial charge in [0.05, 0.1) is 6.10 Å². The average Bonchev–Trinajstić information content (AvgIpc) is 2.79. The normalized spacial score (nSPS) is 27.8. The Kier molecular flexibility index (Phi) is 4.43. The van der Waals surface area contributed by atoms with Crippen LogP contribution in [0.5, 0.6) is 0 Å². The van der Waals surface area contributed by atoms with E-state index in [-0.39, 0.29) is 23.3 Å². The minimum Gasteiger partial charge on any atom is -0.393 e. The zero-order chi connectivity index (χ0) is 14.9. The Morgan fingerprint density at radius 2 is 2.00 bits per heavy atom. The topological polar surface area (TPSA) is 47.2 Å². The van der Waals surface area contributed by atoms with Crippen LogP contribution in [-0.4, -0.2) is 20.3 Å². The van der Waals surface area contributed by atoms with Crippen LogP contribution < -0.4 is 5.69 Å². The smallest absolute Gasteiger partial charge is 0.328 e. The summed E-state index contributed by atoms with van der Waals surface area (Å²) in [6.45, 7) is 9.45. The van der Waals surface area contributed by atoms with Crippen LogP contribution in [0, 0.1) is 11.3 Å². The monoisotopic (exact) mass is 280 g/mol. The Morgan fingerprint density at radius 3 is 2.55 bits per heavy atom. The molecule has 3 unspecified atom stereocenters. The van der Waals surface area contributed by atoms with Crippen LogP contribution in [0.15, 0.2) is 17.2 Å². The van der Waals surface area contributed by atoms with Crippen molar-refractivity contribution in [1.29, 1.82) is 0 Å². The minimum absolute atomic E-state index is 0.0588. The van der Waals surface area contributed by atoms with E-state index >= 15 is 0 Å². The molecule has 0 radical (unpaired) electrons. The Balaban J connectivity index is 2.37. The third-order valence-corrected chi connectivity index (χ3v) is 5.28. The van der Waals surface area contributed by atoms with E-state index in [1.54, 1.807) is 4.57 Å². The van der Waals surface area contributed by atoms with E-state index in [4.69, 9.17) is 0 Å². The molecule has 0 bridgehead atoms. The summed E-state index contributed by atoms with van der Waals surface area (Å²) in [7, 11) is 0. The summed E-state index contributed by atoms with van der Waals surface area (Å²) in [4.78, 5) is 12.4. The first kappa shape index (κ1) is 15.4. The van der Waals surface area contributed by atoms with Gasteiger partial charge in [-0.15, -0.1) is 0 Å². The van der Waals surface area contributed by atoms with Gasteiger partial charge < -0.3 is 5.11 Å². The summed E-state index contributed by atoms with van der Waals surface area (Å²) in [5, 5.41) is 10.0. The molecular formula is C16H28N2O2. The number of hydrogen-bond donors (Lipinski definition) is 1. The standard InChI is InChI=1S/C16H28N2O2/c1-5-16(3,4)13-8-7-12(19)11-14(13)18-10-9-17(6-2)15(18)20/h9-10,12-14,19H,5-8,11H2,1-4H3. The summed E-state index contributed by atoms with van der Waals surface area (Å²) in [6, 6.07) is 0.119. The molecule has 1 aromatic rings. The fraction of sp³-hybridized carbons (Fsp3) is 0.812. The number of rotatable bonds is 4. The molecular weight excluding hydrogens is 252 g/mol. The summed E-state index contributed by atoms with van der Waals surface area (Å²) in [5.74, 6) is 0.446. The first-order valence-corrected chi connectivity index (χ1v) is 7.86. The molecule has 3 atom stereocenters. The number of aliphatic hydroxyl groups excluding tert-OH is 1. The minimum atomic E-state index is -0.277. The van der Waals surface area contributed by atoms with Gasteiger partial charge in [-0.25, -0.2) is 4.79 Å². The molecule has 0 saturated heterocycles. The number of hydrogen-bond acceptors (Lipinski definition) is 2. The van der Waals surface area contributed by atoms with Gasteiger partial charge in [0.2, 0.25) is 0 Å².